The van der Waals surface area contributed by atoms with Crippen molar-refractivity contribution in [1.82, 2.24) is 24.9 Å². The maximum atomic E-state index is 13.3. The fourth-order valence-corrected chi connectivity index (χ4v) is 3.83. The van der Waals surface area contributed by atoms with Gasteiger partial charge in [-0.1, -0.05) is 32.0 Å². The molecule has 1 aliphatic carbocycles. The lowest BCUT2D eigenvalue weighted by molar-refractivity contribution is -0.122. The van der Waals surface area contributed by atoms with E-state index in [9.17, 15) is 14.4 Å². The number of rotatable bonds is 6. The van der Waals surface area contributed by atoms with E-state index in [2.05, 4.69) is 15.3 Å². The summed E-state index contributed by atoms with van der Waals surface area (Å²) in [6.07, 6.45) is 2.15. The Bertz CT molecular complexity index is 1000. The Morgan fingerprint density at radius 2 is 1.77 bits per heavy atom. The Morgan fingerprint density at radius 1 is 1.10 bits per heavy atom. The summed E-state index contributed by atoms with van der Waals surface area (Å²) in [5.41, 5.74) is 0.160. The molecular formula is C22H29N5O3. The second-order valence-corrected chi connectivity index (χ2v) is 8.69. The number of fused-ring (bicyclic) bond motifs is 1. The lowest BCUT2D eigenvalue weighted by Gasteiger charge is -2.34. The van der Waals surface area contributed by atoms with Crippen LogP contribution in [0.5, 0.6) is 0 Å². The minimum Gasteiger partial charge on any atom is -0.352 e. The molecule has 1 saturated carbocycles. The Labute approximate surface area is 175 Å². The van der Waals surface area contributed by atoms with E-state index in [4.69, 9.17) is 0 Å². The van der Waals surface area contributed by atoms with Gasteiger partial charge in [-0.25, -0.2) is 4.68 Å². The van der Waals surface area contributed by atoms with Crippen LogP contribution in [0.25, 0.3) is 10.8 Å². The van der Waals surface area contributed by atoms with Crippen molar-refractivity contribution in [1.29, 1.82) is 0 Å². The third-order valence-corrected chi connectivity index (χ3v) is 5.58. The first-order chi connectivity index (χ1) is 14.4. The molecule has 2 aliphatic rings. The van der Waals surface area contributed by atoms with Gasteiger partial charge in [-0.15, -0.1) is 0 Å². The molecule has 0 bridgehead atoms. The zero-order valence-corrected chi connectivity index (χ0v) is 17.6. The quantitative estimate of drug-likeness (QED) is 0.769. The molecule has 2 heterocycles. The Morgan fingerprint density at radius 3 is 2.40 bits per heavy atom. The summed E-state index contributed by atoms with van der Waals surface area (Å²) in [5, 5.41) is 8.58. The predicted molar refractivity (Wildman–Crippen MR) is 114 cm³/mol. The fourth-order valence-electron chi connectivity index (χ4n) is 3.83. The van der Waals surface area contributed by atoms with Crippen molar-refractivity contribution in [3.8, 4) is 0 Å². The highest BCUT2D eigenvalue weighted by Crippen LogP contribution is 2.19. The van der Waals surface area contributed by atoms with E-state index < -0.39 is 0 Å². The summed E-state index contributed by atoms with van der Waals surface area (Å²) in [5.74, 6) is 0.140. The lowest BCUT2D eigenvalue weighted by Crippen LogP contribution is -2.51. The minimum atomic E-state index is -0.164. The third-order valence-electron chi connectivity index (χ3n) is 5.58. The molecule has 2 amide bonds. The smallest absolute Gasteiger partial charge is 0.275 e. The highest BCUT2D eigenvalue weighted by atomic mass is 16.2. The molecule has 8 heteroatoms. The summed E-state index contributed by atoms with van der Waals surface area (Å²) in [6, 6.07) is 7.53. The van der Waals surface area contributed by atoms with Crippen molar-refractivity contribution in [2.24, 2.45) is 5.92 Å². The van der Waals surface area contributed by atoms with Crippen molar-refractivity contribution in [2.75, 3.05) is 32.7 Å². The summed E-state index contributed by atoms with van der Waals surface area (Å²) >= 11 is 0. The number of amides is 2. The first-order valence-electron chi connectivity index (χ1n) is 10.7. The fraction of sp³-hybridized carbons (Fsp3) is 0.545. The van der Waals surface area contributed by atoms with Crippen LogP contribution in [0.2, 0.25) is 0 Å². The van der Waals surface area contributed by atoms with Crippen LogP contribution in [0.3, 0.4) is 0 Å². The topological polar surface area (TPSA) is 87.5 Å². The molecule has 1 N–H and O–H groups in total. The van der Waals surface area contributed by atoms with Crippen LogP contribution in [0.4, 0.5) is 0 Å². The van der Waals surface area contributed by atoms with Crippen molar-refractivity contribution < 1.29 is 9.59 Å². The molecule has 30 heavy (non-hydrogen) atoms. The highest BCUT2D eigenvalue weighted by molar-refractivity contribution is 6.04. The van der Waals surface area contributed by atoms with Gasteiger partial charge in [-0.2, -0.15) is 5.10 Å². The van der Waals surface area contributed by atoms with Crippen molar-refractivity contribution in [3.05, 3.63) is 40.3 Å². The average molecular weight is 412 g/mol. The van der Waals surface area contributed by atoms with E-state index in [-0.39, 0.29) is 23.3 Å². The summed E-state index contributed by atoms with van der Waals surface area (Å²) < 4.78 is 1.42. The highest BCUT2D eigenvalue weighted by Gasteiger charge is 2.28. The van der Waals surface area contributed by atoms with E-state index in [1.807, 2.05) is 26.0 Å². The Hall–Kier alpha value is -2.74. The van der Waals surface area contributed by atoms with Crippen LogP contribution in [-0.4, -0.2) is 70.2 Å². The molecule has 4 rings (SSSR count). The van der Waals surface area contributed by atoms with E-state index in [1.54, 1.807) is 17.0 Å². The number of nitrogens with zero attached hydrogens (tertiary/aromatic N) is 4. The van der Waals surface area contributed by atoms with Crippen molar-refractivity contribution >= 4 is 22.6 Å². The maximum absolute atomic E-state index is 13.3. The first kappa shape index (κ1) is 20.5. The standard InChI is InChI=1S/C22H29N5O3/c1-15(2)13-27-21(29)18-6-4-3-5-17(18)20(24-27)22(30)26-11-9-25(10-12-26)14-19(28)23-16-7-8-16/h3-6,15-16H,7-14H2,1-2H3,(H,23,28). The van der Waals surface area contributed by atoms with E-state index >= 15 is 0 Å². The molecule has 1 aromatic heterocycles. The number of carbonyl (C=O) groups excluding carboxylic acids is 2. The summed E-state index contributed by atoms with van der Waals surface area (Å²) in [4.78, 5) is 41.9. The van der Waals surface area contributed by atoms with Gasteiger partial charge in [0.25, 0.3) is 11.5 Å². The molecule has 0 unspecified atom stereocenters. The number of benzene rings is 1. The number of carbonyl (C=O) groups is 2. The number of aromatic nitrogens is 2. The monoisotopic (exact) mass is 411 g/mol. The van der Waals surface area contributed by atoms with Gasteiger partial charge >= 0.3 is 0 Å². The zero-order chi connectivity index (χ0) is 21.3. The van der Waals surface area contributed by atoms with Gasteiger partial charge in [-0.05, 0) is 24.8 Å². The van der Waals surface area contributed by atoms with Crippen LogP contribution in [-0.2, 0) is 11.3 Å². The normalized spacial score (nSPS) is 17.5. The van der Waals surface area contributed by atoms with Crippen LogP contribution >= 0.6 is 0 Å². The number of hydrogen-bond donors (Lipinski definition) is 1. The summed E-state index contributed by atoms with van der Waals surface area (Å²) in [7, 11) is 0. The number of piperazine rings is 1. The molecular weight excluding hydrogens is 382 g/mol. The number of hydrogen-bond acceptors (Lipinski definition) is 5. The second-order valence-electron chi connectivity index (χ2n) is 8.69. The van der Waals surface area contributed by atoms with Gasteiger partial charge in [0.1, 0.15) is 0 Å². The molecule has 0 spiro atoms. The van der Waals surface area contributed by atoms with E-state index in [0.717, 1.165) is 12.8 Å². The van der Waals surface area contributed by atoms with Crippen LogP contribution in [0, 0.1) is 5.92 Å². The number of nitrogens with one attached hydrogen (secondary N) is 1. The van der Waals surface area contributed by atoms with Gasteiger partial charge in [0.2, 0.25) is 5.91 Å². The van der Waals surface area contributed by atoms with Crippen molar-refractivity contribution in [3.63, 3.8) is 0 Å². The average Bonchev–Trinajstić information content (AvgIpc) is 3.54. The zero-order valence-electron chi connectivity index (χ0n) is 17.6. The Balaban J connectivity index is 1.50. The molecule has 0 atom stereocenters. The predicted octanol–water partition coefficient (Wildman–Crippen LogP) is 1.09. The lowest BCUT2D eigenvalue weighted by atomic mass is 10.1. The molecule has 1 saturated heterocycles. The molecule has 160 valence electrons. The molecule has 1 aromatic carbocycles. The van der Waals surface area contributed by atoms with Gasteiger partial charge in [0.05, 0.1) is 11.9 Å². The molecule has 2 aromatic rings. The summed E-state index contributed by atoms with van der Waals surface area (Å²) in [6.45, 7) is 7.24. The van der Waals surface area contributed by atoms with Gasteiger partial charge in [0, 0.05) is 44.2 Å². The van der Waals surface area contributed by atoms with Crippen molar-refractivity contribution in [2.45, 2.75) is 39.3 Å². The van der Waals surface area contributed by atoms with Crippen LogP contribution < -0.4 is 10.9 Å². The largest absolute Gasteiger partial charge is 0.352 e. The van der Waals surface area contributed by atoms with E-state index in [1.165, 1.54) is 4.68 Å². The van der Waals surface area contributed by atoms with Gasteiger partial charge < -0.3 is 10.2 Å². The van der Waals surface area contributed by atoms with Gasteiger partial charge in [0.15, 0.2) is 5.69 Å². The second kappa shape index (κ2) is 8.55. The first-order valence-corrected chi connectivity index (χ1v) is 10.7. The van der Waals surface area contributed by atoms with E-state index in [0.29, 0.717) is 61.8 Å². The SMILES string of the molecule is CC(C)Cn1nc(C(=O)N2CCN(CC(=O)NC3CC3)CC2)c2ccccc2c1=O. The molecule has 8 nitrogen and oxygen atoms in total. The van der Waals surface area contributed by atoms with Crippen LogP contribution in [0.15, 0.2) is 29.1 Å². The minimum absolute atomic E-state index is 0.0608. The molecule has 1 aliphatic heterocycles. The Kier molecular flexibility index (Phi) is 5.85. The molecule has 2 fully saturated rings. The third kappa shape index (κ3) is 4.53. The maximum Gasteiger partial charge on any atom is 0.275 e. The molecule has 0 radical (unpaired) electrons. The van der Waals surface area contributed by atoms with Gasteiger partial charge in [-0.3, -0.25) is 19.3 Å². The van der Waals surface area contributed by atoms with Crippen LogP contribution in [0.1, 0.15) is 37.2 Å².